The molecule has 0 radical (unpaired) electrons. The second-order valence-corrected chi connectivity index (χ2v) is 12.3. The number of carbonyl (C=O) groups is 2. The van der Waals surface area contributed by atoms with Gasteiger partial charge in [0.2, 0.25) is 11.8 Å². The molecule has 0 aliphatic carbocycles. The zero-order chi connectivity index (χ0) is 29.4. The van der Waals surface area contributed by atoms with Crippen LogP contribution in [-0.2, 0) is 26.2 Å². The van der Waals surface area contributed by atoms with E-state index in [-0.39, 0.29) is 33.1 Å². The van der Waals surface area contributed by atoms with Crippen LogP contribution < -0.4 is 9.62 Å². The van der Waals surface area contributed by atoms with Crippen molar-refractivity contribution in [3.63, 3.8) is 0 Å². The van der Waals surface area contributed by atoms with Gasteiger partial charge in [0, 0.05) is 13.1 Å². The summed E-state index contributed by atoms with van der Waals surface area (Å²) in [6, 6.07) is 17.8. The van der Waals surface area contributed by atoms with Gasteiger partial charge >= 0.3 is 0 Å². The van der Waals surface area contributed by atoms with Crippen molar-refractivity contribution in [1.29, 1.82) is 0 Å². The summed E-state index contributed by atoms with van der Waals surface area (Å²) in [5, 5.41) is 3.03. The number of benzene rings is 3. The number of sulfonamides is 1. The zero-order valence-corrected chi connectivity index (χ0v) is 25.5. The first-order chi connectivity index (χ1) is 19.0. The fourth-order valence-electron chi connectivity index (χ4n) is 4.21. The normalized spacial score (nSPS) is 12.1. The largest absolute Gasteiger partial charge is 0.354 e. The number of hydrogen-bond acceptors (Lipinski definition) is 4. The number of anilines is 1. The molecule has 0 saturated heterocycles. The molecule has 2 amide bonds. The van der Waals surface area contributed by atoms with Gasteiger partial charge < -0.3 is 10.2 Å². The van der Waals surface area contributed by atoms with Crippen molar-refractivity contribution in [2.75, 3.05) is 17.4 Å². The number of amides is 2. The predicted octanol–water partition coefficient (Wildman–Crippen LogP) is 6.14. The maximum atomic E-state index is 14.1. The van der Waals surface area contributed by atoms with E-state index in [2.05, 4.69) is 5.32 Å². The molecule has 3 aromatic rings. The maximum Gasteiger partial charge on any atom is 0.264 e. The monoisotopic (exact) mass is 603 g/mol. The van der Waals surface area contributed by atoms with Crippen LogP contribution in [0, 0.1) is 13.8 Å². The molecule has 7 nitrogen and oxygen atoms in total. The third-order valence-corrected chi connectivity index (χ3v) is 9.08. The summed E-state index contributed by atoms with van der Waals surface area (Å²) in [6.45, 7) is 7.58. The van der Waals surface area contributed by atoms with Gasteiger partial charge in [-0.2, -0.15) is 0 Å². The fraction of sp³-hybridized carbons (Fsp3) is 0.333. The maximum absolute atomic E-state index is 14.1. The lowest BCUT2D eigenvalue weighted by Crippen LogP contribution is -2.52. The second kappa shape index (κ2) is 14.0. The van der Waals surface area contributed by atoms with Crippen LogP contribution in [0.1, 0.15) is 43.4 Å². The summed E-state index contributed by atoms with van der Waals surface area (Å²) in [5.74, 6) is -0.843. The minimum Gasteiger partial charge on any atom is -0.354 e. The van der Waals surface area contributed by atoms with E-state index in [4.69, 9.17) is 23.2 Å². The Kier molecular flexibility index (Phi) is 11.0. The molecule has 1 atom stereocenters. The van der Waals surface area contributed by atoms with Gasteiger partial charge in [-0.25, -0.2) is 8.42 Å². The Hall–Kier alpha value is -3.07. The van der Waals surface area contributed by atoms with Crippen molar-refractivity contribution in [2.24, 2.45) is 0 Å². The van der Waals surface area contributed by atoms with Crippen molar-refractivity contribution in [3.05, 3.63) is 93.5 Å². The molecule has 0 heterocycles. The van der Waals surface area contributed by atoms with Crippen LogP contribution in [0.5, 0.6) is 0 Å². The molecule has 0 aromatic heterocycles. The van der Waals surface area contributed by atoms with E-state index < -0.39 is 28.5 Å². The molecule has 10 heteroatoms. The molecule has 3 aromatic carbocycles. The summed E-state index contributed by atoms with van der Waals surface area (Å²) in [7, 11) is -4.24. The van der Waals surface area contributed by atoms with Crippen LogP contribution >= 0.6 is 23.2 Å². The van der Waals surface area contributed by atoms with Crippen molar-refractivity contribution in [1.82, 2.24) is 10.2 Å². The summed E-state index contributed by atoms with van der Waals surface area (Å²) in [4.78, 5) is 28.7. The number of hydrogen-bond donors (Lipinski definition) is 1. The number of nitrogens with zero attached hydrogens (tertiary/aromatic N) is 2. The van der Waals surface area contributed by atoms with Gasteiger partial charge in [0.15, 0.2) is 0 Å². The standard InChI is InChI=1S/C30H35Cl2N3O4S/c1-5-18-33-30(37)26(6-2)34(19-23-14-10-21(3)11-15-23)28(36)20-35(27-9-7-8-25(31)29(27)32)40(38,39)24-16-12-22(4)13-17-24/h7-17,26H,5-6,18-20H2,1-4H3,(H,33,37). The van der Waals surface area contributed by atoms with Gasteiger partial charge in [-0.3, -0.25) is 13.9 Å². The Balaban J connectivity index is 2.09. The summed E-state index contributed by atoms with van der Waals surface area (Å²) in [5.41, 5.74) is 2.83. The molecule has 0 aliphatic rings. The quantitative estimate of drug-likeness (QED) is 0.269. The van der Waals surface area contributed by atoms with Gasteiger partial charge in [0.1, 0.15) is 12.6 Å². The van der Waals surface area contributed by atoms with Gasteiger partial charge in [-0.05, 0) is 56.5 Å². The molecular weight excluding hydrogens is 569 g/mol. The smallest absolute Gasteiger partial charge is 0.264 e. The van der Waals surface area contributed by atoms with E-state index in [0.29, 0.717) is 13.0 Å². The topological polar surface area (TPSA) is 86.8 Å². The number of halogens is 2. The molecule has 0 saturated carbocycles. The van der Waals surface area contributed by atoms with Crippen LogP contribution in [0.3, 0.4) is 0 Å². The lowest BCUT2D eigenvalue weighted by Gasteiger charge is -2.33. The highest BCUT2D eigenvalue weighted by Crippen LogP contribution is 2.35. The van der Waals surface area contributed by atoms with Crippen LogP contribution in [0.25, 0.3) is 0 Å². The minimum absolute atomic E-state index is 0.000225. The molecule has 0 fully saturated rings. The Morgan fingerprint density at radius 3 is 2.08 bits per heavy atom. The molecule has 0 bridgehead atoms. The molecule has 3 rings (SSSR count). The lowest BCUT2D eigenvalue weighted by molar-refractivity contribution is -0.140. The first-order valence-electron chi connectivity index (χ1n) is 13.2. The van der Waals surface area contributed by atoms with Crippen LogP contribution in [0.4, 0.5) is 5.69 Å². The van der Waals surface area contributed by atoms with Crippen LogP contribution in [0.15, 0.2) is 71.6 Å². The van der Waals surface area contributed by atoms with Gasteiger partial charge in [-0.15, -0.1) is 0 Å². The summed E-state index contributed by atoms with van der Waals surface area (Å²) >= 11 is 12.7. The first-order valence-corrected chi connectivity index (χ1v) is 15.3. The van der Waals surface area contributed by atoms with Gasteiger partial charge in [-0.1, -0.05) is 90.6 Å². The van der Waals surface area contributed by atoms with Crippen molar-refractivity contribution in [2.45, 2.75) is 58.0 Å². The van der Waals surface area contributed by atoms with E-state index in [0.717, 1.165) is 27.4 Å². The highest BCUT2D eigenvalue weighted by Gasteiger charge is 2.34. The van der Waals surface area contributed by atoms with E-state index in [1.807, 2.05) is 52.0 Å². The van der Waals surface area contributed by atoms with Gasteiger partial charge in [0.25, 0.3) is 10.0 Å². The highest BCUT2D eigenvalue weighted by molar-refractivity contribution is 7.92. The molecular formula is C30H35Cl2N3O4S. The fourth-order valence-corrected chi connectivity index (χ4v) is 6.09. The molecule has 1 unspecified atom stereocenters. The van der Waals surface area contributed by atoms with Crippen molar-refractivity contribution < 1.29 is 18.0 Å². The average molecular weight is 605 g/mol. The minimum atomic E-state index is -4.24. The SMILES string of the molecule is CCCNC(=O)C(CC)N(Cc1ccc(C)cc1)C(=O)CN(c1cccc(Cl)c1Cl)S(=O)(=O)c1ccc(C)cc1. The number of aryl methyl sites for hydroxylation is 2. The third-order valence-electron chi connectivity index (χ3n) is 6.50. The summed E-state index contributed by atoms with van der Waals surface area (Å²) < 4.78 is 28.9. The Bertz CT molecular complexity index is 1430. The highest BCUT2D eigenvalue weighted by atomic mass is 35.5. The van der Waals surface area contributed by atoms with E-state index in [9.17, 15) is 18.0 Å². The summed E-state index contributed by atoms with van der Waals surface area (Å²) in [6.07, 6.45) is 1.08. The van der Waals surface area contributed by atoms with Crippen LogP contribution in [0.2, 0.25) is 10.0 Å². The Morgan fingerprint density at radius 1 is 0.900 bits per heavy atom. The molecule has 1 N–H and O–H groups in total. The second-order valence-electron chi connectivity index (χ2n) is 9.62. The average Bonchev–Trinajstić information content (AvgIpc) is 2.93. The van der Waals surface area contributed by atoms with Crippen molar-refractivity contribution >= 4 is 50.7 Å². The molecule has 214 valence electrons. The zero-order valence-electron chi connectivity index (χ0n) is 23.2. The molecule has 0 spiro atoms. The van der Waals surface area contributed by atoms with E-state index in [1.54, 1.807) is 24.3 Å². The predicted molar refractivity (Wildman–Crippen MR) is 161 cm³/mol. The van der Waals surface area contributed by atoms with Crippen LogP contribution in [-0.4, -0.2) is 44.3 Å². The lowest BCUT2D eigenvalue weighted by atomic mass is 10.1. The van der Waals surface area contributed by atoms with Crippen molar-refractivity contribution in [3.8, 4) is 0 Å². The number of rotatable bonds is 12. The third kappa shape index (κ3) is 7.56. The molecule has 0 aliphatic heterocycles. The first kappa shape index (κ1) is 31.5. The molecule has 40 heavy (non-hydrogen) atoms. The Labute approximate surface area is 247 Å². The van der Waals surface area contributed by atoms with E-state index >= 15 is 0 Å². The number of nitrogens with one attached hydrogen (secondary N) is 1. The Morgan fingerprint density at radius 2 is 1.50 bits per heavy atom. The van der Waals surface area contributed by atoms with E-state index in [1.165, 1.54) is 23.1 Å². The number of carbonyl (C=O) groups excluding carboxylic acids is 2. The van der Waals surface area contributed by atoms with Gasteiger partial charge in [0.05, 0.1) is 20.6 Å².